The van der Waals surface area contributed by atoms with Gasteiger partial charge in [-0.2, -0.15) is 0 Å². The molecule has 0 spiro atoms. The fourth-order valence-electron chi connectivity index (χ4n) is 5.29. The summed E-state index contributed by atoms with van der Waals surface area (Å²) in [5, 5.41) is 0. The van der Waals surface area contributed by atoms with Gasteiger partial charge in [0.1, 0.15) is 0 Å². The summed E-state index contributed by atoms with van der Waals surface area (Å²) < 4.78 is 0. The van der Waals surface area contributed by atoms with Crippen molar-refractivity contribution in [2.45, 2.75) is 82.3 Å². The van der Waals surface area contributed by atoms with Crippen LogP contribution in [-0.2, 0) is 0 Å². The van der Waals surface area contributed by atoms with Crippen LogP contribution in [-0.4, -0.2) is 17.0 Å². The molecule has 2 aliphatic rings. The second-order valence-corrected chi connectivity index (χ2v) is 8.25. The Morgan fingerprint density at radius 2 is 0.923 bits per heavy atom. The van der Waals surface area contributed by atoms with Crippen molar-refractivity contribution in [2.75, 3.05) is 0 Å². The molecule has 0 N–H and O–H groups in total. The average molecular weight is 348 g/mol. The summed E-state index contributed by atoms with van der Waals surface area (Å²) in [7, 11) is 0. The molecule has 2 aromatic rings. The van der Waals surface area contributed by atoms with Crippen LogP contribution in [0.5, 0.6) is 0 Å². The van der Waals surface area contributed by atoms with E-state index < -0.39 is 0 Å². The maximum Gasteiger partial charge on any atom is 0.0606 e. The fraction of sp³-hybridized carbons (Fsp3) is 0.520. The zero-order valence-corrected chi connectivity index (χ0v) is 16.0. The summed E-state index contributed by atoms with van der Waals surface area (Å²) >= 11 is 0. The quantitative estimate of drug-likeness (QED) is 0.578. The molecule has 2 aliphatic carbocycles. The molecule has 0 radical (unpaired) electrons. The monoisotopic (exact) mass is 347 g/mol. The van der Waals surface area contributed by atoms with E-state index in [1.165, 1.54) is 75.3 Å². The normalized spacial score (nSPS) is 19.9. The summed E-state index contributed by atoms with van der Waals surface area (Å²) in [4.78, 5) is 2.96. The molecule has 0 amide bonds. The molecule has 1 nitrogen and oxygen atoms in total. The smallest absolute Gasteiger partial charge is 0.0606 e. The molecule has 0 unspecified atom stereocenters. The van der Waals surface area contributed by atoms with Crippen LogP contribution in [0.2, 0.25) is 0 Å². The van der Waals surface area contributed by atoms with E-state index in [1.807, 2.05) is 0 Å². The minimum absolute atomic E-state index is 0.406. The van der Waals surface area contributed by atoms with Gasteiger partial charge in [-0.3, -0.25) is 4.90 Å². The Hall–Kier alpha value is -1.60. The third-order valence-corrected chi connectivity index (χ3v) is 6.52. The molecule has 138 valence electrons. The van der Waals surface area contributed by atoms with Gasteiger partial charge >= 0.3 is 0 Å². The minimum Gasteiger partial charge on any atom is -0.286 e. The van der Waals surface area contributed by atoms with Gasteiger partial charge in [0.05, 0.1) is 6.04 Å². The molecule has 0 atom stereocenters. The molecule has 4 rings (SSSR count). The summed E-state index contributed by atoms with van der Waals surface area (Å²) in [6.45, 7) is 0. The van der Waals surface area contributed by atoms with Crippen LogP contribution in [0.15, 0.2) is 60.7 Å². The van der Waals surface area contributed by atoms with Gasteiger partial charge < -0.3 is 0 Å². The third kappa shape index (κ3) is 4.04. The summed E-state index contributed by atoms with van der Waals surface area (Å²) in [5.41, 5.74) is 2.93. The lowest BCUT2D eigenvalue weighted by Crippen LogP contribution is -2.47. The van der Waals surface area contributed by atoms with E-state index in [2.05, 4.69) is 65.6 Å². The van der Waals surface area contributed by atoms with Gasteiger partial charge in [-0.05, 0) is 36.8 Å². The summed E-state index contributed by atoms with van der Waals surface area (Å²) in [6, 6.07) is 24.4. The Morgan fingerprint density at radius 1 is 0.538 bits per heavy atom. The van der Waals surface area contributed by atoms with Crippen molar-refractivity contribution in [1.82, 2.24) is 4.90 Å². The van der Waals surface area contributed by atoms with Gasteiger partial charge in [0.25, 0.3) is 0 Å². The van der Waals surface area contributed by atoms with Crippen LogP contribution >= 0.6 is 0 Å². The first-order valence-electron chi connectivity index (χ1n) is 10.8. The molecular weight excluding hydrogens is 314 g/mol. The predicted molar refractivity (Wildman–Crippen MR) is 110 cm³/mol. The minimum atomic E-state index is 0.406. The highest BCUT2D eigenvalue weighted by atomic mass is 15.2. The predicted octanol–water partition coefficient (Wildman–Crippen LogP) is 6.74. The Bertz CT molecular complexity index is 581. The van der Waals surface area contributed by atoms with Crippen molar-refractivity contribution < 1.29 is 0 Å². The fourth-order valence-corrected chi connectivity index (χ4v) is 5.29. The molecule has 0 heterocycles. The second-order valence-electron chi connectivity index (χ2n) is 8.25. The Morgan fingerprint density at radius 3 is 1.31 bits per heavy atom. The second kappa shape index (κ2) is 8.86. The average Bonchev–Trinajstić information content (AvgIpc) is 2.74. The summed E-state index contributed by atoms with van der Waals surface area (Å²) in [6.07, 6.45) is 14.0. The molecule has 2 aromatic carbocycles. The van der Waals surface area contributed by atoms with E-state index in [1.54, 1.807) is 0 Å². The lowest BCUT2D eigenvalue weighted by molar-refractivity contribution is 0.0517. The highest BCUT2D eigenvalue weighted by Crippen LogP contribution is 2.39. The molecule has 0 bridgehead atoms. The van der Waals surface area contributed by atoms with Crippen molar-refractivity contribution in [3.63, 3.8) is 0 Å². The zero-order chi connectivity index (χ0) is 17.6. The Kier molecular flexibility index (Phi) is 6.07. The maximum atomic E-state index is 2.96. The molecule has 0 aliphatic heterocycles. The van der Waals surface area contributed by atoms with Crippen LogP contribution in [0, 0.1) is 0 Å². The highest BCUT2D eigenvalue weighted by molar-refractivity contribution is 5.32. The first kappa shape index (κ1) is 17.8. The van der Waals surface area contributed by atoms with Gasteiger partial charge in [0, 0.05) is 12.1 Å². The van der Waals surface area contributed by atoms with Gasteiger partial charge in [-0.15, -0.1) is 0 Å². The van der Waals surface area contributed by atoms with Crippen LogP contribution in [0.4, 0.5) is 0 Å². The number of benzene rings is 2. The molecule has 0 saturated heterocycles. The number of rotatable bonds is 5. The van der Waals surface area contributed by atoms with E-state index in [-0.39, 0.29) is 0 Å². The zero-order valence-electron chi connectivity index (χ0n) is 16.0. The Labute approximate surface area is 159 Å². The van der Waals surface area contributed by atoms with Crippen LogP contribution < -0.4 is 0 Å². The maximum absolute atomic E-state index is 2.96. The van der Waals surface area contributed by atoms with Gasteiger partial charge in [-0.1, -0.05) is 99.2 Å². The molecule has 2 saturated carbocycles. The molecular formula is C25H33N. The molecule has 2 fully saturated rings. The SMILES string of the molecule is c1ccc(C(c2ccccc2)N(C2CCCCC2)C2CCCCC2)cc1. The Balaban J connectivity index is 1.74. The summed E-state index contributed by atoms with van der Waals surface area (Å²) in [5.74, 6) is 0. The van der Waals surface area contributed by atoms with Gasteiger partial charge in [0.15, 0.2) is 0 Å². The third-order valence-electron chi connectivity index (χ3n) is 6.52. The van der Waals surface area contributed by atoms with Crippen molar-refractivity contribution in [1.29, 1.82) is 0 Å². The topological polar surface area (TPSA) is 3.24 Å². The first-order valence-corrected chi connectivity index (χ1v) is 10.8. The first-order chi connectivity index (χ1) is 12.9. The van der Waals surface area contributed by atoms with Gasteiger partial charge in [0.2, 0.25) is 0 Å². The van der Waals surface area contributed by atoms with Crippen LogP contribution in [0.1, 0.15) is 81.4 Å². The van der Waals surface area contributed by atoms with E-state index in [0.717, 1.165) is 12.1 Å². The van der Waals surface area contributed by atoms with E-state index in [9.17, 15) is 0 Å². The van der Waals surface area contributed by atoms with Crippen molar-refractivity contribution in [3.05, 3.63) is 71.8 Å². The number of hydrogen-bond donors (Lipinski definition) is 0. The number of hydrogen-bond acceptors (Lipinski definition) is 1. The van der Waals surface area contributed by atoms with E-state index in [0.29, 0.717) is 6.04 Å². The standard InChI is InChI=1S/C25H33N/c1-5-13-21(14-6-1)25(22-15-7-2-8-16-22)26(23-17-9-3-10-18-23)24-19-11-4-12-20-24/h1-2,5-8,13-16,23-25H,3-4,9-12,17-20H2. The highest BCUT2D eigenvalue weighted by Gasteiger charge is 2.35. The molecule has 26 heavy (non-hydrogen) atoms. The van der Waals surface area contributed by atoms with Crippen molar-refractivity contribution in [3.8, 4) is 0 Å². The van der Waals surface area contributed by atoms with Crippen LogP contribution in [0.3, 0.4) is 0 Å². The van der Waals surface area contributed by atoms with Crippen LogP contribution in [0.25, 0.3) is 0 Å². The van der Waals surface area contributed by atoms with Crippen molar-refractivity contribution >= 4 is 0 Å². The largest absolute Gasteiger partial charge is 0.286 e. The number of nitrogens with zero attached hydrogens (tertiary/aromatic N) is 1. The van der Waals surface area contributed by atoms with E-state index in [4.69, 9.17) is 0 Å². The molecule has 1 heteroatoms. The van der Waals surface area contributed by atoms with Gasteiger partial charge in [-0.25, -0.2) is 0 Å². The lowest BCUT2D eigenvalue weighted by Gasteiger charge is -2.46. The lowest BCUT2D eigenvalue weighted by atomic mass is 9.84. The van der Waals surface area contributed by atoms with Crippen molar-refractivity contribution in [2.24, 2.45) is 0 Å². The molecule has 0 aromatic heterocycles. The van der Waals surface area contributed by atoms with E-state index >= 15 is 0 Å².